The van der Waals surface area contributed by atoms with E-state index in [0.29, 0.717) is 30.8 Å². The maximum absolute atomic E-state index is 11.9. The van der Waals surface area contributed by atoms with E-state index in [2.05, 4.69) is 22.8 Å². The van der Waals surface area contributed by atoms with Crippen LogP contribution in [0.3, 0.4) is 0 Å². The molecule has 0 fully saturated rings. The van der Waals surface area contributed by atoms with E-state index in [1.807, 2.05) is 39.0 Å². The monoisotopic (exact) mass is 356 g/mol. The van der Waals surface area contributed by atoms with Crippen LogP contribution in [-0.2, 0) is 17.6 Å². The van der Waals surface area contributed by atoms with Crippen molar-refractivity contribution in [2.45, 2.75) is 33.6 Å². The van der Waals surface area contributed by atoms with E-state index in [0.717, 1.165) is 6.42 Å². The molecule has 5 heteroatoms. The molecule has 2 aromatic carbocycles. The fourth-order valence-electron chi connectivity index (χ4n) is 2.53. The van der Waals surface area contributed by atoms with Gasteiger partial charge in [-0.25, -0.2) is 0 Å². The Balaban J connectivity index is 1.94. The lowest BCUT2D eigenvalue weighted by atomic mass is 9.95. The Kier molecular flexibility index (Phi) is 6.50. The molecule has 0 unspecified atom stereocenters. The van der Waals surface area contributed by atoms with Gasteiger partial charge in [0, 0.05) is 24.6 Å². The lowest BCUT2D eigenvalue weighted by Crippen LogP contribution is -2.35. The van der Waals surface area contributed by atoms with Crippen LogP contribution in [0.1, 0.15) is 31.9 Å². The zero-order chi connectivity index (χ0) is 19.2. The summed E-state index contributed by atoms with van der Waals surface area (Å²) in [6.45, 7) is 6.67. The Morgan fingerprint density at radius 3 is 2.31 bits per heavy atom. The van der Waals surface area contributed by atoms with Crippen molar-refractivity contribution in [3.63, 3.8) is 0 Å². The van der Waals surface area contributed by atoms with E-state index in [9.17, 15) is 15.0 Å². The fraction of sp³-hybridized carbons (Fsp3) is 0.381. The highest BCUT2D eigenvalue weighted by Gasteiger charge is 2.20. The van der Waals surface area contributed by atoms with Crippen LogP contribution in [0, 0.1) is 5.41 Å². The van der Waals surface area contributed by atoms with Gasteiger partial charge >= 0.3 is 0 Å². The van der Waals surface area contributed by atoms with Crippen molar-refractivity contribution in [2.24, 2.45) is 5.41 Å². The molecule has 0 heterocycles. The highest BCUT2D eigenvalue weighted by molar-refractivity contribution is 5.81. The number of hydrogen-bond acceptors (Lipinski definition) is 4. The highest BCUT2D eigenvalue weighted by atomic mass is 16.3. The maximum Gasteiger partial charge on any atom is 0.225 e. The minimum absolute atomic E-state index is 0.0121. The molecule has 1 amide bonds. The molecule has 0 aliphatic carbocycles. The van der Waals surface area contributed by atoms with Gasteiger partial charge in [0.25, 0.3) is 0 Å². The molecule has 26 heavy (non-hydrogen) atoms. The SMILES string of the molecule is CC(C)(C)C(=O)NCCc1cc(NCCc2ccccc2)c(O)cc1O. The fourth-order valence-corrected chi connectivity index (χ4v) is 2.53. The quantitative estimate of drug-likeness (QED) is 0.452. The highest BCUT2D eigenvalue weighted by Crippen LogP contribution is 2.31. The number of carbonyl (C=O) groups is 1. The molecule has 0 aromatic heterocycles. The number of anilines is 1. The second-order valence-electron chi connectivity index (χ2n) is 7.42. The minimum Gasteiger partial charge on any atom is -0.508 e. The second-order valence-corrected chi connectivity index (χ2v) is 7.42. The van der Waals surface area contributed by atoms with Gasteiger partial charge in [0.2, 0.25) is 5.91 Å². The zero-order valence-electron chi connectivity index (χ0n) is 15.7. The standard InChI is InChI=1S/C21H28N2O3/c1-21(2,3)20(26)23-12-10-16-13-17(19(25)14-18(16)24)22-11-9-15-7-5-4-6-8-15/h4-8,13-14,22,24-25H,9-12H2,1-3H3,(H,23,26). The number of carbonyl (C=O) groups excluding carboxylic acids is 1. The molecule has 0 saturated heterocycles. The molecule has 0 atom stereocenters. The van der Waals surface area contributed by atoms with Crippen LogP contribution < -0.4 is 10.6 Å². The van der Waals surface area contributed by atoms with Crippen LogP contribution in [-0.4, -0.2) is 29.2 Å². The minimum atomic E-state index is -0.443. The Labute approximate surface area is 155 Å². The number of phenolic OH excluding ortho intramolecular Hbond substituents is 2. The third kappa shape index (κ3) is 5.69. The largest absolute Gasteiger partial charge is 0.508 e. The van der Waals surface area contributed by atoms with Crippen LogP contribution in [0.2, 0.25) is 0 Å². The molecule has 2 rings (SSSR count). The van der Waals surface area contributed by atoms with E-state index < -0.39 is 5.41 Å². The van der Waals surface area contributed by atoms with Gasteiger partial charge < -0.3 is 20.8 Å². The Bertz CT molecular complexity index is 737. The number of nitrogens with one attached hydrogen (secondary N) is 2. The summed E-state index contributed by atoms with van der Waals surface area (Å²) in [5, 5.41) is 26.2. The Hall–Kier alpha value is -2.69. The van der Waals surface area contributed by atoms with Crippen LogP contribution in [0.15, 0.2) is 42.5 Å². The van der Waals surface area contributed by atoms with Gasteiger partial charge in [-0.2, -0.15) is 0 Å². The zero-order valence-corrected chi connectivity index (χ0v) is 15.7. The van der Waals surface area contributed by atoms with E-state index in [4.69, 9.17) is 0 Å². The first-order valence-electron chi connectivity index (χ1n) is 8.88. The normalized spacial score (nSPS) is 11.2. The average molecular weight is 356 g/mol. The van der Waals surface area contributed by atoms with Gasteiger partial charge in [0.15, 0.2) is 0 Å². The van der Waals surface area contributed by atoms with Crippen molar-refractivity contribution in [3.8, 4) is 11.5 Å². The number of benzene rings is 2. The lowest BCUT2D eigenvalue weighted by molar-refractivity contribution is -0.128. The molecular formula is C21H28N2O3. The van der Waals surface area contributed by atoms with Gasteiger partial charge in [-0.1, -0.05) is 51.1 Å². The molecule has 0 spiro atoms. The van der Waals surface area contributed by atoms with Gasteiger partial charge in [0.05, 0.1) is 5.69 Å². The van der Waals surface area contributed by atoms with Crippen molar-refractivity contribution in [2.75, 3.05) is 18.4 Å². The molecule has 140 valence electrons. The molecule has 2 aromatic rings. The van der Waals surface area contributed by atoms with Gasteiger partial charge in [-0.3, -0.25) is 4.79 Å². The maximum atomic E-state index is 11.9. The summed E-state index contributed by atoms with van der Waals surface area (Å²) >= 11 is 0. The summed E-state index contributed by atoms with van der Waals surface area (Å²) < 4.78 is 0. The molecule has 4 N–H and O–H groups in total. The van der Waals surface area contributed by atoms with E-state index >= 15 is 0 Å². The molecule has 0 saturated carbocycles. The van der Waals surface area contributed by atoms with Crippen molar-refractivity contribution < 1.29 is 15.0 Å². The molecule has 0 aliphatic heterocycles. The third-order valence-corrected chi connectivity index (χ3v) is 4.13. The summed E-state index contributed by atoms with van der Waals surface area (Å²) in [7, 11) is 0. The van der Waals surface area contributed by atoms with Crippen molar-refractivity contribution >= 4 is 11.6 Å². The predicted octanol–water partition coefficient (Wildman–Crippen LogP) is 3.46. The number of hydrogen-bond donors (Lipinski definition) is 4. The van der Waals surface area contributed by atoms with Gasteiger partial charge in [-0.15, -0.1) is 0 Å². The summed E-state index contributed by atoms with van der Waals surface area (Å²) in [6, 6.07) is 13.2. The van der Waals surface area contributed by atoms with Gasteiger partial charge in [-0.05, 0) is 30.0 Å². The number of rotatable bonds is 7. The Morgan fingerprint density at radius 1 is 0.962 bits per heavy atom. The molecule has 0 radical (unpaired) electrons. The number of phenols is 2. The average Bonchev–Trinajstić information content (AvgIpc) is 2.58. The van der Waals surface area contributed by atoms with Crippen molar-refractivity contribution in [1.82, 2.24) is 5.32 Å². The van der Waals surface area contributed by atoms with Crippen LogP contribution in [0.25, 0.3) is 0 Å². The van der Waals surface area contributed by atoms with Gasteiger partial charge in [0.1, 0.15) is 11.5 Å². The van der Waals surface area contributed by atoms with Crippen LogP contribution in [0.5, 0.6) is 11.5 Å². The van der Waals surface area contributed by atoms with E-state index in [1.54, 1.807) is 6.07 Å². The molecule has 0 aliphatic rings. The first-order chi connectivity index (χ1) is 12.3. The summed E-state index contributed by atoms with van der Waals surface area (Å²) in [6.07, 6.45) is 1.32. The molecule has 0 bridgehead atoms. The first kappa shape index (κ1) is 19.6. The summed E-state index contributed by atoms with van der Waals surface area (Å²) in [4.78, 5) is 11.9. The number of amides is 1. The lowest BCUT2D eigenvalue weighted by Gasteiger charge is -2.18. The Morgan fingerprint density at radius 2 is 1.65 bits per heavy atom. The first-order valence-corrected chi connectivity index (χ1v) is 8.88. The summed E-state index contributed by atoms with van der Waals surface area (Å²) in [5.74, 6) is 0.0103. The molecule has 5 nitrogen and oxygen atoms in total. The molecular weight excluding hydrogens is 328 g/mol. The van der Waals surface area contributed by atoms with Crippen LogP contribution in [0.4, 0.5) is 5.69 Å². The summed E-state index contributed by atoms with van der Waals surface area (Å²) in [5.41, 5.74) is 2.03. The smallest absolute Gasteiger partial charge is 0.225 e. The van der Waals surface area contributed by atoms with Crippen LogP contribution >= 0.6 is 0 Å². The van der Waals surface area contributed by atoms with Crippen molar-refractivity contribution in [1.29, 1.82) is 0 Å². The third-order valence-electron chi connectivity index (χ3n) is 4.13. The van der Waals surface area contributed by atoms with E-state index in [-0.39, 0.29) is 17.4 Å². The van der Waals surface area contributed by atoms with Crippen molar-refractivity contribution in [3.05, 3.63) is 53.6 Å². The number of aromatic hydroxyl groups is 2. The predicted molar refractivity (Wildman–Crippen MR) is 105 cm³/mol. The van der Waals surface area contributed by atoms with E-state index in [1.165, 1.54) is 11.6 Å². The topological polar surface area (TPSA) is 81.6 Å². The second kappa shape index (κ2) is 8.61.